The molecular weight excluding hydrogens is 290 g/mol. The third-order valence-electron chi connectivity index (χ3n) is 2.77. The van der Waals surface area contributed by atoms with Crippen molar-refractivity contribution in [1.29, 1.82) is 0 Å². The fourth-order valence-corrected chi connectivity index (χ4v) is 2.79. The van der Waals surface area contributed by atoms with Crippen LogP contribution in [0, 0.1) is 25.5 Å². The first-order valence-corrected chi connectivity index (χ1v) is 6.99. The standard InChI is InChI=1S/C11H12F2N4O2S/c1-5-6(2)15-16-11(5)17-20(18,19)10-8(12)3-7(14)4-9(10)13/h3-4H,14H2,1-2H3,(H2,15,16,17). The maximum absolute atomic E-state index is 13.6. The third kappa shape index (κ3) is 2.44. The van der Waals surface area contributed by atoms with Crippen LogP contribution in [-0.4, -0.2) is 18.6 Å². The number of sulfonamides is 1. The minimum Gasteiger partial charge on any atom is -0.399 e. The van der Waals surface area contributed by atoms with Crippen molar-refractivity contribution in [2.45, 2.75) is 18.7 Å². The summed E-state index contributed by atoms with van der Waals surface area (Å²) < 4.78 is 53.4. The van der Waals surface area contributed by atoms with Gasteiger partial charge >= 0.3 is 0 Å². The number of aryl methyl sites for hydroxylation is 1. The molecule has 0 amide bonds. The van der Waals surface area contributed by atoms with Crippen LogP contribution in [-0.2, 0) is 10.0 Å². The molecule has 9 heteroatoms. The Hall–Kier alpha value is -2.16. The van der Waals surface area contributed by atoms with Crippen molar-refractivity contribution in [3.8, 4) is 0 Å². The summed E-state index contributed by atoms with van der Waals surface area (Å²) >= 11 is 0. The zero-order valence-corrected chi connectivity index (χ0v) is 11.5. The van der Waals surface area contributed by atoms with E-state index in [1.54, 1.807) is 13.8 Å². The van der Waals surface area contributed by atoms with Gasteiger partial charge in [0.2, 0.25) is 0 Å². The Kier molecular flexibility index (Phi) is 3.38. The molecule has 0 atom stereocenters. The zero-order valence-electron chi connectivity index (χ0n) is 10.7. The van der Waals surface area contributed by atoms with Gasteiger partial charge in [-0.25, -0.2) is 17.2 Å². The molecule has 0 aliphatic heterocycles. The van der Waals surface area contributed by atoms with Crippen molar-refractivity contribution in [2.24, 2.45) is 0 Å². The molecule has 0 radical (unpaired) electrons. The van der Waals surface area contributed by atoms with Crippen LogP contribution in [0.15, 0.2) is 17.0 Å². The number of benzene rings is 1. The first-order valence-electron chi connectivity index (χ1n) is 5.51. The van der Waals surface area contributed by atoms with E-state index in [2.05, 4.69) is 10.2 Å². The first kappa shape index (κ1) is 14.3. The lowest BCUT2D eigenvalue weighted by atomic mass is 10.3. The molecular formula is C11H12F2N4O2S. The van der Waals surface area contributed by atoms with Crippen LogP contribution in [0.3, 0.4) is 0 Å². The number of aromatic nitrogens is 2. The van der Waals surface area contributed by atoms with Gasteiger partial charge in [-0.05, 0) is 26.0 Å². The molecule has 20 heavy (non-hydrogen) atoms. The minimum atomic E-state index is -4.44. The first-order chi connectivity index (χ1) is 9.22. The van der Waals surface area contributed by atoms with Crippen molar-refractivity contribution < 1.29 is 17.2 Å². The molecule has 0 unspecified atom stereocenters. The maximum atomic E-state index is 13.6. The number of nitrogens with one attached hydrogen (secondary N) is 2. The molecule has 2 rings (SSSR count). The van der Waals surface area contributed by atoms with E-state index >= 15 is 0 Å². The van der Waals surface area contributed by atoms with Gasteiger partial charge in [0.15, 0.2) is 10.7 Å². The lowest BCUT2D eigenvalue weighted by Gasteiger charge is -2.09. The summed E-state index contributed by atoms with van der Waals surface area (Å²) in [6.07, 6.45) is 0. The highest BCUT2D eigenvalue weighted by Gasteiger charge is 2.26. The third-order valence-corrected chi connectivity index (χ3v) is 4.16. The van der Waals surface area contributed by atoms with E-state index in [9.17, 15) is 17.2 Å². The second-order valence-corrected chi connectivity index (χ2v) is 5.86. The van der Waals surface area contributed by atoms with Gasteiger partial charge in [-0.1, -0.05) is 0 Å². The van der Waals surface area contributed by atoms with Crippen molar-refractivity contribution in [3.05, 3.63) is 35.0 Å². The van der Waals surface area contributed by atoms with Crippen LogP contribution < -0.4 is 10.5 Å². The average molecular weight is 302 g/mol. The summed E-state index contributed by atoms with van der Waals surface area (Å²) in [7, 11) is -4.44. The minimum absolute atomic E-state index is 0.0156. The Bertz CT molecular complexity index is 748. The molecule has 108 valence electrons. The van der Waals surface area contributed by atoms with Gasteiger partial charge in [-0.2, -0.15) is 5.10 Å². The predicted molar refractivity (Wildman–Crippen MR) is 69.6 cm³/mol. The second-order valence-electron chi connectivity index (χ2n) is 4.24. The van der Waals surface area contributed by atoms with Gasteiger partial charge in [-0.15, -0.1) is 0 Å². The molecule has 0 fully saturated rings. The van der Waals surface area contributed by atoms with E-state index in [0.717, 1.165) is 12.1 Å². The molecule has 1 aromatic heterocycles. The Morgan fingerprint density at radius 2 is 1.80 bits per heavy atom. The Morgan fingerprint density at radius 1 is 1.25 bits per heavy atom. The van der Waals surface area contributed by atoms with Crippen molar-refractivity contribution in [2.75, 3.05) is 10.5 Å². The summed E-state index contributed by atoms with van der Waals surface area (Å²) in [6, 6.07) is 1.47. The van der Waals surface area contributed by atoms with Crippen molar-refractivity contribution in [1.82, 2.24) is 10.2 Å². The predicted octanol–water partition coefficient (Wildman–Crippen LogP) is 1.69. The monoisotopic (exact) mass is 302 g/mol. The summed E-state index contributed by atoms with van der Waals surface area (Å²) in [5.41, 5.74) is 6.21. The summed E-state index contributed by atoms with van der Waals surface area (Å²) in [4.78, 5) is -1.09. The van der Waals surface area contributed by atoms with Gasteiger partial charge in [0, 0.05) is 16.9 Å². The molecule has 0 saturated heterocycles. The SMILES string of the molecule is Cc1[nH]nc(NS(=O)(=O)c2c(F)cc(N)cc2F)c1C. The smallest absolute Gasteiger partial charge is 0.268 e. The van der Waals surface area contributed by atoms with Gasteiger partial charge in [0.05, 0.1) is 0 Å². The molecule has 0 aliphatic rings. The number of hydrogen-bond donors (Lipinski definition) is 3. The number of nitrogens with zero attached hydrogens (tertiary/aromatic N) is 1. The zero-order chi connectivity index (χ0) is 15.1. The van der Waals surface area contributed by atoms with Gasteiger partial charge < -0.3 is 5.73 Å². The number of hydrogen-bond acceptors (Lipinski definition) is 4. The quantitative estimate of drug-likeness (QED) is 0.751. The van der Waals surface area contributed by atoms with Crippen LogP contribution in [0.1, 0.15) is 11.3 Å². The molecule has 6 nitrogen and oxygen atoms in total. The van der Waals surface area contributed by atoms with Crippen LogP contribution in [0.25, 0.3) is 0 Å². The number of anilines is 2. The second kappa shape index (κ2) is 4.75. The molecule has 1 aromatic carbocycles. The van der Waals surface area contributed by atoms with Crippen LogP contribution in [0.5, 0.6) is 0 Å². The number of aromatic amines is 1. The van der Waals surface area contributed by atoms with Crippen LogP contribution in [0.2, 0.25) is 0 Å². The highest BCUT2D eigenvalue weighted by molar-refractivity contribution is 7.92. The van der Waals surface area contributed by atoms with E-state index < -0.39 is 26.6 Å². The molecule has 4 N–H and O–H groups in total. The Labute approximate surface area is 114 Å². The summed E-state index contributed by atoms with van der Waals surface area (Å²) in [5.74, 6) is -2.54. The number of H-pyrrole nitrogens is 1. The van der Waals surface area contributed by atoms with E-state index in [4.69, 9.17) is 5.73 Å². The maximum Gasteiger partial charge on any atom is 0.268 e. The summed E-state index contributed by atoms with van der Waals surface area (Å²) in [6.45, 7) is 3.30. The normalized spacial score (nSPS) is 11.6. The van der Waals surface area contributed by atoms with Crippen LogP contribution in [0.4, 0.5) is 20.3 Å². The fraction of sp³-hybridized carbons (Fsp3) is 0.182. The lowest BCUT2D eigenvalue weighted by molar-refractivity contribution is 0.522. The van der Waals surface area contributed by atoms with Crippen molar-refractivity contribution in [3.63, 3.8) is 0 Å². The van der Waals surface area contributed by atoms with E-state index in [1.807, 2.05) is 4.72 Å². The van der Waals surface area contributed by atoms with E-state index in [-0.39, 0.29) is 11.5 Å². The van der Waals surface area contributed by atoms with Crippen LogP contribution >= 0.6 is 0 Å². The largest absolute Gasteiger partial charge is 0.399 e. The molecule has 0 saturated carbocycles. The van der Waals surface area contributed by atoms with E-state index in [0.29, 0.717) is 11.3 Å². The van der Waals surface area contributed by atoms with Gasteiger partial charge in [-0.3, -0.25) is 9.82 Å². The molecule has 0 bridgehead atoms. The summed E-state index contributed by atoms with van der Waals surface area (Å²) in [5, 5.41) is 6.28. The molecule has 2 aromatic rings. The number of rotatable bonds is 3. The Balaban J connectivity index is 2.49. The number of nitrogen functional groups attached to an aromatic ring is 1. The molecule has 1 heterocycles. The molecule has 0 spiro atoms. The van der Waals surface area contributed by atoms with Gasteiger partial charge in [0.25, 0.3) is 10.0 Å². The van der Waals surface area contributed by atoms with Gasteiger partial charge in [0.1, 0.15) is 11.6 Å². The average Bonchev–Trinajstić information content (AvgIpc) is 2.58. The fourth-order valence-electron chi connectivity index (χ4n) is 1.60. The highest BCUT2D eigenvalue weighted by atomic mass is 32.2. The topological polar surface area (TPSA) is 101 Å². The lowest BCUT2D eigenvalue weighted by Crippen LogP contribution is -2.17. The van der Waals surface area contributed by atoms with E-state index in [1.165, 1.54) is 0 Å². The highest BCUT2D eigenvalue weighted by Crippen LogP contribution is 2.25. The van der Waals surface area contributed by atoms with Crippen molar-refractivity contribution >= 4 is 21.5 Å². The Morgan fingerprint density at radius 3 is 2.25 bits per heavy atom. The molecule has 0 aliphatic carbocycles. The number of halogens is 2. The number of nitrogens with two attached hydrogens (primary N) is 1.